The van der Waals surface area contributed by atoms with Gasteiger partial charge in [0.25, 0.3) is 0 Å². The average Bonchev–Trinajstić information content (AvgIpc) is 3.54. The molecule has 0 amide bonds. The summed E-state index contributed by atoms with van der Waals surface area (Å²) in [5.74, 6) is 0. The van der Waals surface area contributed by atoms with E-state index < -0.39 is 0 Å². The van der Waals surface area contributed by atoms with Crippen molar-refractivity contribution in [1.82, 2.24) is 0 Å². The van der Waals surface area contributed by atoms with Crippen LogP contribution in [0.4, 0.5) is 17.1 Å². The first kappa shape index (κ1) is 28.3. The number of thiophene rings is 1. The Labute approximate surface area is 284 Å². The molecule has 0 atom stereocenters. The molecule has 1 heterocycles. The van der Waals surface area contributed by atoms with Crippen LogP contribution in [0.25, 0.3) is 64.3 Å². The normalized spacial score (nSPS) is 11.3. The predicted octanol–water partition coefficient (Wildman–Crippen LogP) is 13.7. The molecule has 2 heteroatoms. The van der Waals surface area contributed by atoms with Gasteiger partial charge in [-0.2, -0.15) is 0 Å². The van der Waals surface area contributed by atoms with E-state index in [1.807, 2.05) is 11.3 Å². The molecule has 226 valence electrons. The largest absolute Gasteiger partial charge is 0.310 e. The van der Waals surface area contributed by atoms with Gasteiger partial charge in [0.05, 0.1) is 0 Å². The molecule has 1 aromatic heterocycles. The van der Waals surface area contributed by atoms with E-state index in [2.05, 4.69) is 193 Å². The van der Waals surface area contributed by atoms with E-state index >= 15 is 0 Å². The lowest BCUT2D eigenvalue weighted by Gasteiger charge is -2.27. The van der Waals surface area contributed by atoms with E-state index in [1.54, 1.807) is 0 Å². The van der Waals surface area contributed by atoms with Crippen molar-refractivity contribution in [3.05, 3.63) is 188 Å². The standard InChI is InChI=1S/C46H31NS/c1-3-12-32(13-4-1)38-27-39(33-14-5-2-6-15-33)30-42(29-38)47(41-24-25-46-44(31-41)43-20-9-10-21-45(43)48-46)40-19-11-18-36(28-40)37-23-22-34-16-7-8-17-35(34)26-37/h1-31H. The molecule has 0 spiro atoms. The van der Waals surface area contributed by atoms with Gasteiger partial charge >= 0.3 is 0 Å². The fourth-order valence-corrected chi connectivity index (χ4v) is 7.92. The summed E-state index contributed by atoms with van der Waals surface area (Å²) in [5.41, 5.74) is 10.5. The zero-order valence-electron chi connectivity index (χ0n) is 26.3. The quantitative estimate of drug-likeness (QED) is 0.177. The molecule has 1 nitrogen and oxygen atoms in total. The molecule has 0 fully saturated rings. The van der Waals surface area contributed by atoms with Crippen molar-refractivity contribution in [3.8, 4) is 33.4 Å². The van der Waals surface area contributed by atoms with Gasteiger partial charge in [0.1, 0.15) is 0 Å². The summed E-state index contributed by atoms with van der Waals surface area (Å²) < 4.78 is 2.61. The third-order valence-corrected chi connectivity index (χ3v) is 10.3. The highest BCUT2D eigenvalue weighted by molar-refractivity contribution is 7.25. The Morgan fingerprint density at radius 2 is 0.875 bits per heavy atom. The Balaban J connectivity index is 1.28. The number of fused-ring (bicyclic) bond motifs is 4. The molecule has 0 aliphatic carbocycles. The van der Waals surface area contributed by atoms with Crippen molar-refractivity contribution >= 4 is 59.3 Å². The molecule has 0 radical (unpaired) electrons. The third kappa shape index (κ3) is 5.23. The summed E-state index contributed by atoms with van der Waals surface area (Å²) in [4.78, 5) is 2.43. The Morgan fingerprint density at radius 3 is 1.65 bits per heavy atom. The predicted molar refractivity (Wildman–Crippen MR) is 208 cm³/mol. The molecule has 9 rings (SSSR count). The highest BCUT2D eigenvalue weighted by Gasteiger charge is 2.18. The molecule has 48 heavy (non-hydrogen) atoms. The van der Waals surface area contributed by atoms with Crippen LogP contribution in [0.2, 0.25) is 0 Å². The van der Waals surface area contributed by atoms with Gasteiger partial charge in [-0.1, -0.05) is 127 Å². The van der Waals surface area contributed by atoms with Crippen molar-refractivity contribution in [1.29, 1.82) is 0 Å². The highest BCUT2D eigenvalue weighted by atomic mass is 32.1. The molecule has 0 aliphatic heterocycles. The van der Waals surface area contributed by atoms with Crippen LogP contribution in [-0.4, -0.2) is 0 Å². The van der Waals surface area contributed by atoms with Crippen molar-refractivity contribution in [2.45, 2.75) is 0 Å². The molecule has 0 saturated heterocycles. The summed E-state index contributed by atoms with van der Waals surface area (Å²) in [6.45, 7) is 0. The minimum absolute atomic E-state index is 1.11. The van der Waals surface area contributed by atoms with Gasteiger partial charge in [-0.25, -0.2) is 0 Å². The number of benzene rings is 8. The number of hydrogen-bond acceptors (Lipinski definition) is 2. The zero-order valence-corrected chi connectivity index (χ0v) is 27.1. The fraction of sp³-hybridized carbons (Fsp3) is 0. The molecular weight excluding hydrogens is 599 g/mol. The van der Waals surface area contributed by atoms with Crippen LogP contribution in [0.5, 0.6) is 0 Å². The van der Waals surface area contributed by atoms with Crippen LogP contribution in [0.1, 0.15) is 0 Å². The monoisotopic (exact) mass is 629 g/mol. The molecule has 0 bridgehead atoms. The van der Waals surface area contributed by atoms with Crippen LogP contribution in [0.15, 0.2) is 188 Å². The van der Waals surface area contributed by atoms with Gasteiger partial charge in [0, 0.05) is 37.2 Å². The summed E-state index contributed by atoms with van der Waals surface area (Å²) in [7, 11) is 0. The molecular formula is C46H31NS. The van der Waals surface area contributed by atoms with Crippen molar-refractivity contribution in [2.24, 2.45) is 0 Å². The van der Waals surface area contributed by atoms with E-state index in [4.69, 9.17) is 0 Å². The maximum Gasteiger partial charge on any atom is 0.0473 e. The second kappa shape index (κ2) is 12.0. The zero-order chi connectivity index (χ0) is 31.9. The van der Waals surface area contributed by atoms with Gasteiger partial charge in [-0.15, -0.1) is 11.3 Å². The number of rotatable bonds is 6. The van der Waals surface area contributed by atoms with Gasteiger partial charge in [-0.3, -0.25) is 0 Å². The molecule has 9 aromatic rings. The minimum atomic E-state index is 1.11. The van der Waals surface area contributed by atoms with Crippen molar-refractivity contribution < 1.29 is 0 Å². The van der Waals surface area contributed by atoms with Crippen molar-refractivity contribution in [2.75, 3.05) is 4.90 Å². The van der Waals surface area contributed by atoms with Crippen LogP contribution in [0.3, 0.4) is 0 Å². The Hall–Kier alpha value is -5.96. The fourth-order valence-electron chi connectivity index (χ4n) is 6.83. The SMILES string of the molecule is c1ccc(-c2cc(-c3ccccc3)cc(N(c3cccc(-c4ccc5ccccc5c4)c3)c3ccc4sc5ccccc5c4c3)c2)cc1. The van der Waals surface area contributed by atoms with E-state index in [-0.39, 0.29) is 0 Å². The minimum Gasteiger partial charge on any atom is -0.310 e. The first-order valence-electron chi connectivity index (χ1n) is 16.3. The Kier molecular flexibility index (Phi) is 7.07. The van der Waals surface area contributed by atoms with Crippen LogP contribution < -0.4 is 4.90 Å². The molecule has 0 aliphatic rings. The highest BCUT2D eigenvalue weighted by Crippen LogP contribution is 2.43. The second-order valence-electron chi connectivity index (χ2n) is 12.2. The van der Waals surface area contributed by atoms with Crippen LogP contribution >= 0.6 is 11.3 Å². The summed E-state index contributed by atoms with van der Waals surface area (Å²) in [6, 6.07) is 68.3. The summed E-state index contributed by atoms with van der Waals surface area (Å²) >= 11 is 1.86. The average molecular weight is 630 g/mol. The van der Waals surface area contributed by atoms with E-state index in [1.165, 1.54) is 64.3 Å². The van der Waals surface area contributed by atoms with Crippen LogP contribution in [0, 0.1) is 0 Å². The van der Waals surface area contributed by atoms with Gasteiger partial charge in [-0.05, 0) is 105 Å². The number of nitrogens with zero attached hydrogens (tertiary/aromatic N) is 1. The van der Waals surface area contributed by atoms with E-state index in [9.17, 15) is 0 Å². The molecule has 8 aromatic carbocycles. The van der Waals surface area contributed by atoms with Gasteiger partial charge < -0.3 is 4.90 Å². The molecule has 0 saturated carbocycles. The molecule has 0 N–H and O–H groups in total. The maximum absolute atomic E-state index is 2.43. The topological polar surface area (TPSA) is 3.24 Å². The lowest BCUT2D eigenvalue weighted by molar-refractivity contribution is 1.29. The van der Waals surface area contributed by atoms with E-state index in [0.29, 0.717) is 0 Å². The summed E-state index contributed by atoms with van der Waals surface area (Å²) in [6.07, 6.45) is 0. The lowest BCUT2D eigenvalue weighted by Crippen LogP contribution is -2.10. The maximum atomic E-state index is 2.43. The lowest BCUT2D eigenvalue weighted by atomic mass is 9.97. The Morgan fingerprint density at radius 1 is 0.292 bits per heavy atom. The number of hydrogen-bond donors (Lipinski definition) is 0. The van der Waals surface area contributed by atoms with Crippen molar-refractivity contribution in [3.63, 3.8) is 0 Å². The van der Waals surface area contributed by atoms with Gasteiger partial charge in [0.15, 0.2) is 0 Å². The smallest absolute Gasteiger partial charge is 0.0473 e. The third-order valence-electron chi connectivity index (χ3n) is 9.20. The first-order chi connectivity index (χ1) is 23.8. The number of anilines is 3. The summed E-state index contributed by atoms with van der Waals surface area (Å²) in [5, 5.41) is 5.08. The second-order valence-corrected chi connectivity index (χ2v) is 13.3. The van der Waals surface area contributed by atoms with Gasteiger partial charge in [0.2, 0.25) is 0 Å². The molecule has 0 unspecified atom stereocenters. The first-order valence-corrected chi connectivity index (χ1v) is 17.2. The van der Waals surface area contributed by atoms with E-state index in [0.717, 1.165) is 17.1 Å². The van der Waals surface area contributed by atoms with Crippen LogP contribution in [-0.2, 0) is 0 Å². The Bertz CT molecular complexity index is 2510.